The molecule has 7 nitrogen and oxygen atoms in total. The van der Waals surface area contributed by atoms with Gasteiger partial charge in [-0.25, -0.2) is 4.68 Å². The second-order valence-electron chi connectivity index (χ2n) is 4.68. The Kier molecular flexibility index (Phi) is 5.84. The summed E-state index contributed by atoms with van der Waals surface area (Å²) in [6.07, 6.45) is 1.10. The van der Waals surface area contributed by atoms with Gasteiger partial charge in [0.05, 0.1) is 18.8 Å². The minimum Gasteiger partial charge on any atom is -0.394 e. The van der Waals surface area contributed by atoms with E-state index in [0.29, 0.717) is 13.0 Å². The van der Waals surface area contributed by atoms with Gasteiger partial charge in [0.1, 0.15) is 5.69 Å². The molecule has 112 valence electrons. The van der Waals surface area contributed by atoms with Gasteiger partial charge in [0.25, 0.3) is 11.5 Å². The summed E-state index contributed by atoms with van der Waals surface area (Å²) in [6, 6.07) is 2.61. The van der Waals surface area contributed by atoms with Crippen LogP contribution >= 0.6 is 0 Å². The molecule has 0 atom stereocenters. The van der Waals surface area contributed by atoms with Crippen LogP contribution in [-0.4, -0.2) is 44.7 Å². The highest BCUT2D eigenvalue weighted by Crippen LogP contribution is 2.09. The first-order valence-electron chi connectivity index (χ1n) is 6.64. The number of aromatic nitrogens is 2. The lowest BCUT2D eigenvalue weighted by Crippen LogP contribution is -2.54. The molecule has 0 bridgehead atoms. The molecule has 1 amide bonds. The third-order valence-corrected chi connectivity index (χ3v) is 3.20. The Morgan fingerprint density at radius 1 is 1.35 bits per heavy atom. The minimum atomic E-state index is -1.08. The van der Waals surface area contributed by atoms with Gasteiger partial charge in [-0.1, -0.05) is 13.8 Å². The predicted molar refractivity (Wildman–Crippen MR) is 73.4 cm³/mol. The lowest BCUT2D eigenvalue weighted by atomic mass is 9.98. The van der Waals surface area contributed by atoms with E-state index in [1.54, 1.807) is 6.92 Å². The Labute approximate surface area is 117 Å². The van der Waals surface area contributed by atoms with Gasteiger partial charge in [0, 0.05) is 12.6 Å². The quantitative estimate of drug-likeness (QED) is 0.627. The predicted octanol–water partition coefficient (Wildman–Crippen LogP) is -0.484. The summed E-state index contributed by atoms with van der Waals surface area (Å²) in [7, 11) is 0. The van der Waals surface area contributed by atoms with E-state index in [2.05, 4.69) is 10.4 Å². The lowest BCUT2D eigenvalue weighted by molar-refractivity contribution is 0.0647. The Morgan fingerprint density at radius 3 is 2.50 bits per heavy atom. The van der Waals surface area contributed by atoms with Crippen molar-refractivity contribution in [3.05, 3.63) is 28.2 Å². The molecule has 0 aliphatic rings. The molecule has 0 aliphatic heterocycles. The number of aryl methyl sites for hydroxylation is 1. The largest absolute Gasteiger partial charge is 0.394 e. The molecule has 1 rings (SSSR count). The highest BCUT2D eigenvalue weighted by atomic mass is 16.3. The van der Waals surface area contributed by atoms with Crippen molar-refractivity contribution in [2.24, 2.45) is 0 Å². The molecule has 20 heavy (non-hydrogen) atoms. The summed E-state index contributed by atoms with van der Waals surface area (Å²) in [4.78, 5) is 23.6. The van der Waals surface area contributed by atoms with Crippen molar-refractivity contribution < 1.29 is 15.0 Å². The molecule has 0 saturated carbocycles. The van der Waals surface area contributed by atoms with Crippen molar-refractivity contribution in [2.75, 3.05) is 13.2 Å². The Morgan fingerprint density at radius 2 is 2.00 bits per heavy atom. The highest BCUT2D eigenvalue weighted by Gasteiger charge is 2.29. The molecule has 3 N–H and O–H groups in total. The maximum absolute atomic E-state index is 12.1. The Balaban J connectivity index is 2.98. The smallest absolute Gasteiger partial charge is 0.272 e. The first-order valence-corrected chi connectivity index (χ1v) is 6.64. The minimum absolute atomic E-state index is 0.0813. The molecule has 0 unspecified atom stereocenters. The van der Waals surface area contributed by atoms with E-state index in [9.17, 15) is 19.8 Å². The molecule has 0 saturated heterocycles. The van der Waals surface area contributed by atoms with E-state index < -0.39 is 11.4 Å². The van der Waals surface area contributed by atoms with E-state index in [1.165, 1.54) is 16.8 Å². The van der Waals surface area contributed by atoms with Crippen LogP contribution in [0.15, 0.2) is 16.9 Å². The second-order valence-corrected chi connectivity index (χ2v) is 4.68. The van der Waals surface area contributed by atoms with Gasteiger partial charge in [-0.05, 0) is 18.9 Å². The molecule has 0 fully saturated rings. The number of carbonyl (C=O) groups is 1. The van der Waals surface area contributed by atoms with Crippen molar-refractivity contribution in [3.8, 4) is 0 Å². The second kappa shape index (κ2) is 7.16. The van der Waals surface area contributed by atoms with E-state index in [0.717, 1.165) is 6.42 Å². The van der Waals surface area contributed by atoms with Crippen molar-refractivity contribution in [1.29, 1.82) is 0 Å². The van der Waals surface area contributed by atoms with Gasteiger partial charge in [0.2, 0.25) is 0 Å². The third kappa shape index (κ3) is 3.64. The molecule has 1 aromatic heterocycles. The SMILES string of the molecule is CCCn1nc(C(=O)NC(CC)(CO)CO)ccc1=O. The number of hydrogen-bond donors (Lipinski definition) is 3. The normalized spacial score (nSPS) is 11.4. The maximum atomic E-state index is 12.1. The zero-order valence-electron chi connectivity index (χ0n) is 11.8. The van der Waals surface area contributed by atoms with E-state index in [4.69, 9.17) is 0 Å². The van der Waals surface area contributed by atoms with Crippen molar-refractivity contribution in [1.82, 2.24) is 15.1 Å². The van der Waals surface area contributed by atoms with Gasteiger partial charge in [-0.15, -0.1) is 0 Å². The number of rotatable bonds is 7. The molecule has 0 aliphatic carbocycles. The standard InChI is InChI=1S/C13H21N3O4/c1-3-7-16-11(19)6-5-10(15-16)12(20)14-13(4-2,8-17)9-18/h5-6,17-18H,3-4,7-9H2,1-2H3,(H,14,20). The van der Waals surface area contributed by atoms with Crippen LogP contribution in [0.3, 0.4) is 0 Å². The summed E-state index contributed by atoms with van der Waals surface area (Å²) in [5.74, 6) is -0.528. The molecule has 7 heteroatoms. The average Bonchev–Trinajstić information content (AvgIpc) is 2.47. The van der Waals surface area contributed by atoms with Crippen LogP contribution in [0.2, 0.25) is 0 Å². The van der Waals surface area contributed by atoms with Crippen LogP contribution in [-0.2, 0) is 6.54 Å². The topological polar surface area (TPSA) is 104 Å². The number of hydrogen-bond acceptors (Lipinski definition) is 5. The zero-order valence-corrected chi connectivity index (χ0v) is 11.8. The van der Waals surface area contributed by atoms with Crippen LogP contribution in [0.1, 0.15) is 37.2 Å². The molecule has 0 spiro atoms. The zero-order chi connectivity index (χ0) is 15.2. The monoisotopic (exact) mass is 283 g/mol. The summed E-state index contributed by atoms with van der Waals surface area (Å²) in [5, 5.41) is 25.2. The number of amides is 1. The summed E-state index contributed by atoms with van der Waals surface area (Å²) < 4.78 is 1.22. The van der Waals surface area contributed by atoms with Crippen LogP contribution in [0, 0.1) is 0 Å². The number of carbonyl (C=O) groups excluding carboxylic acids is 1. The highest BCUT2D eigenvalue weighted by molar-refractivity contribution is 5.92. The fourth-order valence-electron chi connectivity index (χ4n) is 1.69. The molecule has 0 radical (unpaired) electrons. The summed E-state index contributed by atoms with van der Waals surface area (Å²) in [6.45, 7) is 3.33. The van der Waals surface area contributed by atoms with Gasteiger partial charge < -0.3 is 15.5 Å². The number of aliphatic hydroxyl groups excluding tert-OH is 2. The summed E-state index contributed by atoms with van der Waals surface area (Å²) in [5.41, 5.74) is -1.27. The Hall–Kier alpha value is -1.73. The third-order valence-electron chi connectivity index (χ3n) is 3.20. The molecular weight excluding hydrogens is 262 g/mol. The van der Waals surface area contributed by atoms with E-state index in [1.807, 2.05) is 6.92 Å². The van der Waals surface area contributed by atoms with Gasteiger partial charge >= 0.3 is 0 Å². The first-order chi connectivity index (χ1) is 9.51. The average molecular weight is 283 g/mol. The lowest BCUT2D eigenvalue weighted by Gasteiger charge is -2.29. The van der Waals surface area contributed by atoms with Crippen LogP contribution in [0.25, 0.3) is 0 Å². The van der Waals surface area contributed by atoms with Crippen LogP contribution in [0.5, 0.6) is 0 Å². The van der Waals surface area contributed by atoms with Crippen molar-refractivity contribution in [2.45, 2.75) is 38.8 Å². The maximum Gasteiger partial charge on any atom is 0.272 e. The van der Waals surface area contributed by atoms with Crippen molar-refractivity contribution >= 4 is 5.91 Å². The summed E-state index contributed by atoms with van der Waals surface area (Å²) >= 11 is 0. The number of nitrogens with one attached hydrogen (secondary N) is 1. The van der Waals surface area contributed by atoms with Gasteiger partial charge in [-0.3, -0.25) is 9.59 Å². The van der Waals surface area contributed by atoms with Crippen LogP contribution < -0.4 is 10.9 Å². The fourth-order valence-corrected chi connectivity index (χ4v) is 1.69. The van der Waals surface area contributed by atoms with Gasteiger partial charge in [0.15, 0.2) is 0 Å². The Bertz CT molecular complexity index is 500. The van der Waals surface area contributed by atoms with Gasteiger partial charge in [-0.2, -0.15) is 5.10 Å². The molecule has 0 aromatic carbocycles. The number of aliphatic hydroxyl groups is 2. The first kappa shape index (κ1) is 16.3. The van der Waals surface area contributed by atoms with Crippen LogP contribution in [0.4, 0.5) is 0 Å². The molecular formula is C13H21N3O4. The number of nitrogens with zero attached hydrogens (tertiary/aromatic N) is 2. The fraction of sp³-hybridized carbons (Fsp3) is 0.615. The van der Waals surface area contributed by atoms with E-state index >= 15 is 0 Å². The van der Waals surface area contributed by atoms with E-state index in [-0.39, 0.29) is 24.5 Å². The molecule has 1 aromatic rings. The molecule has 1 heterocycles. The van der Waals surface area contributed by atoms with Crippen molar-refractivity contribution in [3.63, 3.8) is 0 Å².